The molecule has 1 unspecified atom stereocenters. The maximum Gasteiger partial charge on any atom is 0.633 e. The summed E-state index contributed by atoms with van der Waals surface area (Å²) >= 11 is 0. The standard InChI is InChI=1S/C16H25BN6O4.ClH/c1-12(13-7-3-2-4-8-13)19-15(24)11-23-16(20-21-22-23)14(18)9-5-6-10-27-17(25)26;/h2-4,7-8,12,14,25-26H,5-6,9-11,18H2,1H3,(H,19,24);1H/t12-,14?;/m0./s1. The van der Waals surface area contributed by atoms with Gasteiger partial charge in [-0.3, -0.25) is 4.79 Å². The van der Waals surface area contributed by atoms with Crippen LogP contribution in [-0.2, 0) is 16.0 Å². The molecule has 1 amide bonds. The Labute approximate surface area is 170 Å². The van der Waals surface area contributed by atoms with Crippen molar-refractivity contribution in [2.45, 2.75) is 44.8 Å². The number of amides is 1. The van der Waals surface area contributed by atoms with Crippen LogP contribution in [0.3, 0.4) is 0 Å². The number of hydrogen-bond donors (Lipinski definition) is 4. The minimum absolute atomic E-state index is 0. The summed E-state index contributed by atoms with van der Waals surface area (Å²) in [7, 11) is -1.76. The number of rotatable bonds is 11. The molecule has 28 heavy (non-hydrogen) atoms. The topological polar surface area (TPSA) is 148 Å². The maximum atomic E-state index is 12.3. The van der Waals surface area contributed by atoms with E-state index in [2.05, 4.69) is 25.5 Å². The summed E-state index contributed by atoms with van der Waals surface area (Å²) in [6.45, 7) is 2.10. The van der Waals surface area contributed by atoms with Crippen molar-refractivity contribution in [2.24, 2.45) is 5.73 Å². The number of carbonyl (C=O) groups excluding carboxylic acids is 1. The van der Waals surface area contributed by atoms with Crippen LogP contribution in [-0.4, -0.2) is 50.1 Å². The first-order valence-electron chi connectivity index (χ1n) is 8.81. The van der Waals surface area contributed by atoms with Crippen molar-refractivity contribution >= 4 is 25.6 Å². The number of tetrazole rings is 1. The molecule has 1 aromatic carbocycles. The third kappa shape index (κ3) is 7.91. The van der Waals surface area contributed by atoms with Crippen molar-refractivity contribution in [1.29, 1.82) is 0 Å². The first-order valence-corrected chi connectivity index (χ1v) is 8.81. The van der Waals surface area contributed by atoms with E-state index in [0.29, 0.717) is 25.1 Å². The van der Waals surface area contributed by atoms with Crippen LogP contribution in [0.5, 0.6) is 0 Å². The molecule has 0 spiro atoms. The highest BCUT2D eigenvalue weighted by atomic mass is 35.5. The molecule has 154 valence electrons. The minimum atomic E-state index is -1.76. The van der Waals surface area contributed by atoms with Crippen LogP contribution in [0.2, 0.25) is 0 Å². The third-order valence-corrected chi connectivity index (χ3v) is 4.04. The van der Waals surface area contributed by atoms with Gasteiger partial charge in [-0.25, -0.2) is 4.68 Å². The van der Waals surface area contributed by atoms with Gasteiger partial charge in [0.15, 0.2) is 5.82 Å². The predicted molar refractivity (Wildman–Crippen MR) is 105 cm³/mol. The molecule has 0 radical (unpaired) electrons. The summed E-state index contributed by atoms with van der Waals surface area (Å²) in [6.07, 6.45) is 1.88. The second-order valence-electron chi connectivity index (χ2n) is 6.19. The number of nitrogens with zero attached hydrogens (tertiary/aromatic N) is 4. The highest BCUT2D eigenvalue weighted by Gasteiger charge is 2.18. The molecule has 2 atom stereocenters. The van der Waals surface area contributed by atoms with E-state index in [-0.39, 0.29) is 37.5 Å². The van der Waals surface area contributed by atoms with Gasteiger partial charge in [0.1, 0.15) is 6.54 Å². The Morgan fingerprint density at radius 3 is 2.71 bits per heavy atom. The predicted octanol–water partition coefficient (Wildman–Crippen LogP) is 0.129. The molecule has 10 nitrogen and oxygen atoms in total. The molecule has 12 heteroatoms. The first-order chi connectivity index (χ1) is 13.0. The van der Waals surface area contributed by atoms with Crippen LogP contribution >= 0.6 is 12.4 Å². The molecule has 0 aliphatic carbocycles. The Bertz CT molecular complexity index is 705. The Hall–Kier alpha value is -2.05. The summed E-state index contributed by atoms with van der Waals surface area (Å²) in [5.41, 5.74) is 7.12. The minimum Gasteiger partial charge on any atom is -0.402 e. The van der Waals surface area contributed by atoms with Gasteiger partial charge < -0.3 is 25.8 Å². The SMILES string of the molecule is C[C@H](NC(=O)Cn1nnnc1C(N)CCCCOB(O)O)c1ccccc1.Cl. The maximum absolute atomic E-state index is 12.3. The Morgan fingerprint density at radius 2 is 2.04 bits per heavy atom. The Kier molecular flexibility index (Phi) is 10.6. The van der Waals surface area contributed by atoms with E-state index in [9.17, 15) is 4.79 Å². The van der Waals surface area contributed by atoms with E-state index in [1.165, 1.54) is 4.68 Å². The smallest absolute Gasteiger partial charge is 0.402 e. The Balaban J connectivity index is 0.00000392. The zero-order chi connectivity index (χ0) is 19.6. The number of carbonyl (C=O) groups is 1. The van der Waals surface area contributed by atoms with E-state index < -0.39 is 13.4 Å². The molecule has 0 aliphatic heterocycles. The van der Waals surface area contributed by atoms with Gasteiger partial charge in [-0.1, -0.05) is 30.3 Å². The molecule has 0 bridgehead atoms. The molecular weight excluding hydrogens is 386 g/mol. The number of benzene rings is 1. The second-order valence-corrected chi connectivity index (χ2v) is 6.19. The number of halogens is 1. The summed E-state index contributed by atoms with van der Waals surface area (Å²) in [4.78, 5) is 12.3. The van der Waals surface area contributed by atoms with E-state index in [1.54, 1.807) is 0 Å². The third-order valence-electron chi connectivity index (χ3n) is 4.04. The lowest BCUT2D eigenvalue weighted by molar-refractivity contribution is -0.122. The van der Waals surface area contributed by atoms with Gasteiger partial charge in [0, 0.05) is 6.61 Å². The zero-order valence-electron chi connectivity index (χ0n) is 15.6. The fourth-order valence-corrected chi connectivity index (χ4v) is 2.62. The summed E-state index contributed by atoms with van der Waals surface area (Å²) in [6, 6.07) is 9.09. The van der Waals surface area contributed by atoms with E-state index in [1.807, 2.05) is 37.3 Å². The lowest BCUT2D eigenvalue weighted by Gasteiger charge is -2.15. The van der Waals surface area contributed by atoms with Gasteiger partial charge in [0.2, 0.25) is 5.91 Å². The van der Waals surface area contributed by atoms with Crippen molar-refractivity contribution in [3.63, 3.8) is 0 Å². The first kappa shape index (κ1) is 24.0. The van der Waals surface area contributed by atoms with Crippen LogP contribution < -0.4 is 11.1 Å². The number of unbranched alkanes of at least 4 members (excludes halogenated alkanes) is 1. The van der Waals surface area contributed by atoms with Gasteiger partial charge in [0.05, 0.1) is 12.1 Å². The second kappa shape index (κ2) is 12.4. The van der Waals surface area contributed by atoms with Gasteiger partial charge >= 0.3 is 7.32 Å². The summed E-state index contributed by atoms with van der Waals surface area (Å²) in [5, 5.41) is 31.5. The number of aromatic nitrogens is 4. The molecule has 0 saturated heterocycles. The van der Waals surface area contributed by atoms with Crippen molar-refractivity contribution in [1.82, 2.24) is 25.5 Å². The molecule has 5 N–H and O–H groups in total. The molecule has 0 saturated carbocycles. The molecule has 1 heterocycles. The van der Waals surface area contributed by atoms with Gasteiger partial charge in [0.25, 0.3) is 0 Å². The van der Waals surface area contributed by atoms with Crippen molar-refractivity contribution in [3.8, 4) is 0 Å². The number of nitrogens with one attached hydrogen (secondary N) is 1. The lowest BCUT2D eigenvalue weighted by Crippen LogP contribution is -2.31. The summed E-state index contributed by atoms with van der Waals surface area (Å²) < 4.78 is 6.03. The molecular formula is C16H26BClN6O4. The fraction of sp³-hybridized carbons (Fsp3) is 0.500. The average molecular weight is 413 g/mol. The van der Waals surface area contributed by atoms with Crippen LogP contribution in [0.15, 0.2) is 30.3 Å². The van der Waals surface area contributed by atoms with Crippen molar-refractivity contribution in [3.05, 3.63) is 41.7 Å². The molecule has 1 aromatic heterocycles. The van der Waals surface area contributed by atoms with E-state index in [4.69, 9.17) is 15.8 Å². The summed E-state index contributed by atoms with van der Waals surface area (Å²) in [5.74, 6) is 0.220. The van der Waals surface area contributed by atoms with E-state index >= 15 is 0 Å². The highest BCUT2D eigenvalue weighted by Crippen LogP contribution is 2.14. The molecule has 0 fully saturated rings. The highest BCUT2D eigenvalue weighted by molar-refractivity contribution is 6.32. The van der Waals surface area contributed by atoms with E-state index in [0.717, 1.165) is 5.56 Å². The van der Waals surface area contributed by atoms with Crippen LogP contribution in [0, 0.1) is 0 Å². The quantitative estimate of drug-likeness (QED) is 0.300. The van der Waals surface area contributed by atoms with Gasteiger partial charge in [-0.2, -0.15) is 0 Å². The van der Waals surface area contributed by atoms with Gasteiger partial charge in [-0.05, 0) is 42.2 Å². The largest absolute Gasteiger partial charge is 0.633 e. The molecule has 0 aliphatic rings. The van der Waals surface area contributed by atoms with Crippen molar-refractivity contribution in [2.75, 3.05) is 6.61 Å². The van der Waals surface area contributed by atoms with Crippen LogP contribution in [0.1, 0.15) is 49.7 Å². The lowest BCUT2D eigenvalue weighted by atomic mass is 10.1. The molecule has 2 rings (SSSR count). The zero-order valence-corrected chi connectivity index (χ0v) is 16.5. The van der Waals surface area contributed by atoms with Crippen LogP contribution in [0.4, 0.5) is 0 Å². The number of nitrogens with two attached hydrogens (primary N) is 1. The Morgan fingerprint density at radius 1 is 1.32 bits per heavy atom. The van der Waals surface area contributed by atoms with Gasteiger partial charge in [-0.15, -0.1) is 17.5 Å². The van der Waals surface area contributed by atoms with Crippen LogP contribution in [0.25, 0.3) is 0 Å². The monoisotopic (exact) mass is 412 g/mol. The fourth-order valence-electron chi connectivity index (χ4n) is 2.62. The molecule has 2 aromatic rings. The number of hydrogen-bond acceptors (Lipinski definition) is 8. The average Bonchev–Trinajstić information content (AvgIpc) is 3.09. The normalized spacial score (nSPS) is 12.7. The van der Waals surface area contributed by atoms with Crippen molar-refractivity contribution < 1.29 is 19.5 Å².